The molecule has 2 heterocycles. The van der Waals surface area contributed by atoms with Crippen LogP contribution in [0.2, 0.25) is 0 Å². The summed E-state index contributed by atoms with van der Waals surface area (Å²) in [4.78, 5) is 8.79. The summed E-state index contributed by atoms with van der Waals surface area (Å²) >= 11 is 3.31. The van der Waals surface area contributed by atoms with Crippen LogP contribution in [0.3, 0.4) is 0 Å². The molecule has 0 saturated carbocycles. The average molecular weight is 239 g/mol. The summed E-state index contributed by atoms with van der Waals surface area (Å²) in [6.07, 6.45) is 3.23. The number of nitrogens with zero attached hydrogens (tertiary/aromatic N) is 2. The summed E-state index contributed by atoms with van der Waals surface area (Å²) in [6, 6.07) is 0. The van der Waals surface area contributed by atoms with Gasteiger partial charge in [0, 0.05) is 10.8 Å². The standard InChI is InChI=1S/C10H13N3S2/c11-4-2-1-3-10-13-9(6-15-10)8-5-14-7-12-8/h5-7H,1-4,11H2. The number of hydrogen-bond donors (Lipinski definition) is 1. The third-order valence-electron chi connectivity index (χ3n) is 2.09. The van der Waals surface area contributed by atoms with Crippen molar-refractivity contribution in [2.24, 2.45) is 5.73 Å². The molecule has 0 saturated heterocycles. The van der Waals surface area contributed by atoms with E-state index in [1.807, 2.05) is 10.9 Å². The van der Waals surface area contributed by atoms with Gasteiger partial charge in [0.1, 0.15) is 11.4 Å². The molecule has 0 spiro atoms. The van der Waals surface area contributed by atoms with Gasteiger partial charge in [-0.2, -0.15) is 0 Å². The smallest absolute Gasteiger partial charge is 0.101 e. The van der Waals surface area contributed by atoms with Gasteiger partial charge in [0.05, 0.1) is 10.5 Å². The lowest BCUT2D eigenvalue weighted by atomic mass is 10.2. The Morgan fingerprint density at radius 3 is 2.87 bits per heavy atom. The first kappa shape index (κ1) is 10.7. The molecular weight excluding hydrogens is 226 g/mol. The van der Waals surface area contributed by atoms with E-state index in [0.717, 1.165) is 37.2 Å². The fourth-order valence-electron chi connectivity index (χ4n) is 1.30. The van der Waals surface area contributed by atoms with Crippen molar-refractivity contribution in [2.45, 2.75) is 19.3 Å². The van der Waals surface area contributed by atoms with E-state index in [1.165, 1.54) is 5.01 Å². The fraction of sp³-hybridized carbons (Fsp3) is 0.400. The van der Waals surface area contributed by atoms with Gasteiger partial charge in [0.15, 0.2) is 0 Å². The van der Waals surface area contributed by atoms with Crippen LogP contribution in [0.4, 0.5) is 0 Å². The molecule has 0 fully saturated rings. The maximum absolute atomic E-state index is 5.45. The molecule has 0 radical (unpaired) electrons. The molecule has 2 aromatic heterocycles. The van der Waals surface area contributed by atoms with E-state index in [-0.39, 0.29) is 0 Å². The predicted octanol–water partition coefficient (Wildman–Crippen LogP) is 2.55. The maximum Gasteiger partial charge on any atom is 0.101 e. The second-order valence-corrected chi connectivity index (χ2v) is 4.91. The Balaban J connectivity index is 1.98. The highest BCUT2D eigenvalue weighted by Gasteiger charge is 2.05. The van der Waals surface area contributed by atoms with Crippen LogP contribution < -0.4 is 5.73 Å². The predicted molar refractivity (Wildman–Crippen MR) is 65.2 cm³/mol. The fourth-order valence-corrected chi connectivity index (χ4v) is 2.68. The minimum atomic E-state index is 0.768. The molecule has 0 aliphatic heterocycles. The zero-order valence-electron chi connectivity index (χ0n) is 8.35. The Kier molecular flexibility index (Phi) is 3.82. The van der Waals surface area contributed by atoms with Gasteiger partial charge in [-0.1, -0.05) is 0 Å². The van der Waals surface area contributed by atoms with Crippen molar-refractivity contribution in [1.82, 2.24) is 9.97 Å². The zero-order valence-corrected chi connectivity index (χ0v) is 9.98. The van der Waals surface area contributed by atoms with Crippen LogP contribution in [0.1, 0.15) is 17.8 Å². The van der Waals surface area contributed by atoms with E-state index in [9.17, 15) is 0 Å². The molecule has 0 aliphatic carbocycles. The van der Waals surface area contributed by atoms with Crippen molar-refractivity contribution in [2.75, 3.05) is 6.54 Å². The number of aromatic nitrogens is 2. The van der Waals surface area contributed by atoms with Crippen LogP contribution in [0.15, 0.2) is 16.3 Å². The van der Waals surface area contributed by atoms with E-state index in [1.54, 1.807) is 22.7 Å². The van der Waals surface area contributed by atoms with Gasteiger partial charge in [0.25, 0.3) is 0 Å². The zero-order chi connectivity index (χ0) is 10.5. The Morgan fingerprint density at radius 2 is 2.13 bits per heavy atom. The summed E-state index contributed by atoms with van der Waals surface area (Å²) in [5.41, 5.74) is 9.28. The SMILES string of the molecule is NCCCCc1nc(-c2cscn2)cs1. The lowest BCUT2D eigenvalue weighted by molar-refractivity contribution is 0.742. The molecule has 3 nitrogen and oxygen atoms in total. The van der Waals surface area contributed by atoms with Crippen molar-refractivity contribution in [3.05, 3.63) is 21.3 Å². The summed E-state index contributed by atoms with van der Waals surface area (Å²) in [6.45, 7) is 0.768. The van der Waals surface area contributed by atoms with Gasteiger partial charge in [-0.25, -0.2) is 9.97 Å². The molecule has 0 atom stereocenters. The lowest BCUT2D eigenvalue weighted by Crippen LogP contribution is -1.98. The van der Waals surface area contributed by atoms with Crippen LogP contribution in [-0.4, -0.2) is 16.5 Å². The number of aryl methyl sites for hydroxylation is 1. The van der Waals surface area contributed by atoms with Crippen LogP contribution in [0.5, 0.6) is 0 Å². The highest BCUT2D eigenvalue weighted by atomic mass is 32.1. The Hall–Kier alpha value is -0.780. The second-order valence-electron chi connectivity index (χ2n) is 3.25. The second kappa shape index (κ2) is 5.34. The first-order chi connectivity index (χ1) is 7.40. The number of hydrogen-bond acceptors (Lipinski definition) is 5. The Labute approximate surface area is 97.0 Å². The largest absolute Gasteiger partial charge is 0.330 e. The maximum atomic E-state index is 5.45. The molecule has 2 N–H and O–H groups in total. The summed E-state index contributed by atoms with van der Waals surface area (Å²) in [7, 11) is 0. The summed E-state index contributed by atoms with van der Waals surface area (Å²) in [5, 5.41) is 5.29. The summed E-state index contributed by atoms with van der Waals surface area (Å²) < 4.78 is 0. The van der Waals surface area contributed by atoms with Crippen molar-refractivity contribution in [3.63, 3.8) is 0 Å². The molecular formula is C10H13N3S2. The summed E-state index contributed by atoms with van der Waals surface area (Å²) in [5.74, 6) is 0. The molecule has 0 aromatic carbocycles. The molecule has 2 rings (SSSR count). The molecule has 15 heavy (non-hydrogen) atoms. The van der Waals surface area contributed by atoms with E-state index in [0.29, 0.717) is 0 Å². The van der Waals surface area contributed by atoms with Gasteiger partial charge >= 0.3 is 0 Å². The molecule has 0 bridgehead atoms. The van der Waals surface area contributed by atoms with Crippen LogP contribution in [0, 0.1) is 0 Å². The van der Waals surface area contributed by atoms with Crippen molar-refractivity contribution in [3.8, 4) is 11.4 Å². The van der Waals surface area contributed by atoms with Gasteiger partial charge in [-0.15, -0.1) is 22.7 Å². The van der Waals surface area contributed by atoms with E-state index in [2.05, 4.69) is 15.3 Å². The minimum Gasteiger partial charge on any atom is -0.330 e. The van der Waals surface area contributed by atoms with Crippen molar-refractivity contribution < 1.29 is 0 Å². The molecule has 5 heteroatoms. The Bertz CT molecular complexity index is 394. The van der Waals surface area contributed by atoms with Crippen LogP contribution in [0.25, 0.3) is 11.4 Å². The monoisotopic (exact) mass is 239 g/mol. The van der Waals surface area contributed by atoms with Crippen molar-refractivity contribution >= 4 is 22.7 Å². The normalized spacial score (nSPS) is 10.7. The third-order valence-corrected chi connectivity index (χ3v) is 3.59. The molecule has 0 aliphatic rings. The number of unbranched alkanes of at least 4 members (excludes halogenated alkanes) is 1. The number of rotatable bonds is 5. The number of thiazole rings is 2. The topological polar surface area (TPSA) is 51.8 Å². The molecule has 0 amide bonds. The minimum absolute atomic E-state index is 0.768. The van der Waals surface area contributed by atoms with E-state index in [4.69, 9.17) is 5.73 Å². The van der Waals surface area contributed by atoms with Gasteiger partial charge in [0.2, 0.25) is 0 Å². The Morgan fingerprint density at radius 1 is 1.20 bits per heavy atom. The van der Waals surface area contributed by atoms with Crippen LogP contribution >= 0.6 is 22.7 Å². The quantitative estimate of drug-likeness (QED) is 0.816. The van der Waals surface area contributed by atoms with Gasteiger partial charge in [-0.3, -0.25) is 0 Å². The number of nitrogens with two attached hydrogens (primary N) is 1. The van der Waals surface area contributed by atoms with Crippen molar-refractivity contribution in [1.29, 1.82) is 0 Å². The van der Waals surface area contributed by atoms with Gasteiger partial charge in [-0.05, 0) is 25.8 Å². The van der Waals surface area contributed by atoms with Crippen LogP contribution in [-0.2, 0) is 6.42 Å². The molecule has 80 valence electrons. The third kappa shape index (κ3) is 2.84. The first-order valence-electron chi connectivity index (χ1n) is 4.93. The molecule has 2 aromatic rings. The average Bonchev–Trinajstić information content (AvgIpc) is 2.87. The highest BCUT2D eigenvalue weighted by Crippen LogP contribution is 2.22. The van der Waals surface area contributed by atoms with Gasteiger partial charge < -0.3 is 5.73 Å². The molecule has 0 unspecified atom stereocenters. The first-order valence-corrected chi connectivity index (χ1v) is 6.75. The van der Waals surface area contributed by atoms with E-state index >= 15 is 0 Å². The van der Waals surface area contributed by atoms with E-state index < -0.39 is 0 Å². The lowest BCUT2D eigenvalue weighted by Gasteiger charge is -1.93. The highest BCUT2D eigenvalue weighted by molar-refractivity contribution is 7.10.